The van der Waals surface area contributed by atoms with E-state index in [-0.39, 0.29) is 17.7 Å². The van der Waals surface area contributed by atoms with Gasteiger partial charge in [0, 0.05) is 18.7 Å². The zero-order valence-electron chi connectivity index (χ0n) is 11.3. The second-order valence-electron chi connectivity index (χ2n) is 5.07. The molecule has 1 amide bonds. The SMILES string of the molecule is CC(C1CC1)N(C)C(=O)c1ccc(OC(F)(F)F)cc1. The Balaban J connectivity index is 2.03. The number of nitrogens with zero attached hydrogens (tertiary/aromatic N) is 1. The molecule has 0 bridgehead atoms. The van der Waals surface area contributed by atoms with Gasteiger partial charge in [-0.3, -0.25) is 4.79 Å². The predicted molar refractivity (Wildman–Crippen MR) is 67.4 cm³/mol. The Bertz CT molecular complexity index is 480. The van der Waals surface area contributed by atoms with Gasteiger partial charge in [0.1, 0.15) is 5.75 Å². The number of rotatable bonds is 4. The normalized spacial score (nSPS) is 16.6. The Morgan fingerprint density at radius 3 is 2.30 bits per heavy atom. The van der Waals surface area contributed by atoms with Crippen LogP contribution in [0.5, 0.6) is 5.75 Å². The monoisotopic (exact) mass is 287 g/mol. The van der Waals surface area contributed by atoms with E-state index in [1.807, 2.05) is 6.92 Å². The molecule has 20 heavy (non-hydrogen) atoms. The number of benzene rings is 1. The van der Waals surface area contributed by atoms with Crippen LogP contribution >= 0.6 is 0 Å². The van der Waals surface area contributed by atoms with E-state index in [4.69, 9.17) is 0 Å². The summed E-state index contributed by atoms with van der Waals surface area (Å²) < 4.78 is 39.9. The number of carbonyl (C=O) groups excluding carboxylic acids is 1. The molecule has 1 fully saturated rings. The highest BCUT2D eigenvalue weighted by Crippen LogP contribution is 2.35. The van der Waals surface area contributed by atoms with Crippen LogP contribution in [0.4, 0.5) is 13.2 Å². The van der Waals surface area contributed by atoms with Crippen LogP contribution in [0.2, 0.25) is 0 Å². The Hall–Kier alpha value is -1.72. The van der Waals surface area contributed by atoms with Gasteiger partial charge >= 0.3 is 6.36 Å². The largest absolute Gasteiger partial charge is 0.573 e. The van der Waals surface area contributed by atoms with Crippen LogP contribution in [0.1, 0.15) is 30.1 Å². The number of hydrogen-bond acceptors (Lipinski definition) is 2. The van der Waals surface area contributed by atoms with Crippen LogP contribution in [-0.4, -0.2) is 30.3 Å². The molecule has 3 nitrogen and oxygen atoms in total. The van der Waals surface area contributed by atoms with Gasteiger partial charge in [0.05, 0.1) is 0 Å². The molecule has 0 saturated heterocycles. The van der Waals surface area contributed by atoms with Crippen LogP contribution in [0.3, 0.4) is 0 Å². The molecule has 2 rings (SSSR count). The molecule has 0 radical (unpaired) electrons. The van der Waals surface area contributed by atoms with Crippen molar-refractivity contribution in [1.82, 2.24) is 4.90 Å². The second kappa shape index (κ2) is 5.34. The number of carbonyl (C=O) groups is 1. The van der Waals surface area contributed by atoms with Gasteiger partial charge in [0.2, 0.25) is 0 Å². The van der Waals surface area contributed by atoms with Gasteiger partial charge in [-0.15, -0.1) is 13.2 Å². The number of alkyl halides is 3. The molecule has 1 aliphatic rings. The third-order valence-electron chi connectivity index (χ3n) is 3.57. The smallest absolute Gasteiger partial charge is 0.406 e. The van der Waals surface area contributed by atoms with Gasteiger partial charge in [-0.05, 0) is 49.9 Å². The zero-order chi connectivity index (χ0) is 14.9. The lowest BCUT2D eigenvalue weighted by Crippen LogP contribution is -2.36. The van der Waals surface area contributed by atoms with Crippen molar-refractivity contribution in [3.05, 3.63) is 29.8 Å². The fraction of sp³-hybridized carbons (Fsp3) is 0.500. The molecule has 0 heterocycles. The first-order valence-electron chi connectivity index (χ1n) is 6.41. The highest BCUT2D eigenvalue weighted by molar-refractivity contribution is 5.94. The quantitative estimate of drug-likeness (QED) is 0.848. The molecule has 1 saturated carbocycles. The van der Waals surface area contributed by atoms with Gasteiger partial charge in [0.15, 0.2) is 0 Å². The van der Waals surface area contributed by atoms with Crippen LogP contribution in [0, 0.1) is 5.92 Å². The van der Waals surface area contributed by atoms with Crippen LogP contribution in [0.25, 0.3) is 0 Å². The number of hydrogen-bond donors (Lipinski definition) is 0. The van der Waals surface area contributed by atoms with Crippen molar-refractivity contribution in [2.45, 2.75) is 32.2 Å². The summed E-state index contributed by atoms with van der Waals surface area (Å²) in [6, 6.07) is 5.14. The fourth-order valence-corrected chi connectivity index (χ4v) is 2.08. The Kier molecular flexibility index (Phi) is 3.92. The molecule has 1 aliphatic carbocycles. The molecule has 1 aromatic rings. The van der Waals surface area contributed by atoms with Crippen LogP contribution in [0.15, 0.2) is 24.3 Å². The summed E-state index contributed by atoms with van der Waals surface area (Å²) in [4.78, 5) is 13.8. The first-order valence-corrected chi connectivity index (χ1v) is 6.41. The van der Waals surface area contributed by atoms with Crippen LogP contribution < -0.4 is 4.74 Å². The maximum Gasteiger partial charge on any atom is 0.573 e. The van der Waals surface area contributed by atoms with E-state index in [1.165, 1.54) is 12.1 Å². The predicted octanol–water partition coefficient (Wildman–Crippen LogP) is 3.46. The second-order valence-corrected chi connectivity index (χ2v) is 5.07. The summed E-state index contributed by atoms with van der Waals surface area (Å²) in [7, 11) is 1.71. The maximum absolute atomic E-state index is 12.2. The lowest BCUT2D eigenvalue weighted by molar-refractivity contribution is -0.274. The minimum absolute atomic E-state index is 0.147. The molecule has 0 N–H and O–H groups in total. The average Bonchev–Trinajstić information content (AvgIpc) is 3.19. The van der Waals surface area contributed by atoms with Crippen LogP contribution in [-0.2, 0) is 0 Å². The maximum atomic E-state index is 12.2. The number of halogens is 3. The van der Waals surface area contributed by atoms with E-state index in [0.717, 1.165) is 25.0 Å². The average molecular weight is 287 g/mol. The van der Waals surface area contributed by atoms with E-state index >= 15 is 0 Å². The first kappa shape index (κ1) is 14.7. The molecular formula is C14H16F3NO2. The van der Waals surface area contributed by atoms with Gasteiger partial charge in [-0.1, -0.05) is 0 Å². The molecule has 0 spiro atoms. The summed E-state index contributed by atoms with van der Waals surface area (Å²) in [5.41, 5.74) is 0.356. The molecule has 0 aliphatic heterocycles. The summed E-state index contributed by atoms with van der Waals surface area (Å²) in [6.07, 6.45) is -2.48. The van der Waals surface area contributed by atoms with E-state index in [1.54, 1.807) is 11.9 Å². The van der Waals surface area contributed by atoms with Crippen molar-refractivity contribution < 1.29 is 22.7 Å². The van der Waals surface area contributed by atoms with E-state index in [0.29, 0.717) is 11.5 Å². The third-order valence-corrected chi connectivity index (χ3v) is 3.57. The lowest BCUT2D eigenvalue weighted by Gasteiger charge is -2.25. The Morgan fingerprint density at radius 1 is 1.30 bits per heavy atom. The Morgan fingerprint density at radius 2 is 1.85 bits per heavy atom. The fourth-order valence-electron chi connectivity index (χ4n) is 2.08. The zero-order valence-corrected chi connectivity index (χ0v) is 11.3. The summed E-state index contributed by atoms with van der Waals surface area (Å²) in [6.45, 7) is 1.98. The summed E-state index contributed by atoms with van der Waals surface area (Å²) in [5.74, 6) is 0.0201. The van der Waals surface area contributed by atoms with E-state index in [9.17, 15) is 18.0 Å². The number of ether oxygens (including phenoxy) is 1. The summed E-state index contributed by atoms with van der Waals surface area (Å²) in [5, 5.41) is 0. The standard InChI is InChI=1S/C14H16F3NO2/c1-9(10-3-4-10)18(2)13(19)11-5-7-12(8-6-11)20-14(15,16)17/h5-10H,3-4H2,1-2H3. The first-order chi connectivity index (χ1) is 9.28. The molecule has 1 atom stereocenters. The summed E-state index contributed by atoms with van der Waals surface area (Å²) >= 11 is 0. The van der Waals surface area contributed by atoms with E-state index < -0.39 is 6.36 Å². The van der Waals surface area contributed by atoms with Crippen molar-refractivity contribution >= 4 is 5.91 Å². The minimum atomic E-state index is -4.72. The van der Waals surface area contributed by atoms with Gasteiger partial charge in [-0.25, -0.2) is 0 Å². The van der Waals surface area contributed by atoms with Crippen molar-refractivity contribution in [3.8, 4) is 5.75 Å². The number of amides is 1. The molecule has 0 aromatic heterocycles. The molecule has 6 heteroatoms. The molecule has 1 aromatic carbocycles. The highest BCUT2D eigenvalue weighted by Gasteiger charge is 2.33. The third kappa shape index (κ3) is 3.65. The Labute approximate surface area is 115 Å². The van der Waals surface area contributed by atoms with Crippen molar-refractivity contribution in [2.24, 2.45) is 5.92 Å². The topological polar surface area (TPSA) is 29.5 Å². The molecule has 1 unspecified atom stereocenters. The van der Waals surface area contributed by atoms with Crippen molar-refractivity contribution in [1.29, 1.82) is 0 Å². The van der Waals surface area contributed by atoms with Gasteiger partial charge in [-0.2, -0.15) is 0 Å². The van der Waals surface area contributed by atoms with Crippen molar-refractivity contribution in [2.75, 3.05) is 7.05 Å². The molecular weight excluding hydrogens is 271 g/mol. The lowest BCUT2D eigenvalue weighted by atomic mass is 10.1. The highest BCUT2D eigenvalue weighted by atomic mass is 19.4. The minimum Gasteiger partial charge on any atom is -0.406 e. The molecule has 110 valence electrons. The van der Waals surface area contributed by atoms with Crippen molar-refractivity contribution in [3.63, 3.8) is 0 Å². The van der Waals surface area contributed by atoms with E-state index in [2.05, 4.69) is 4.74 Å². The van der Waals surface area contributed by atoms with Gasteiger partial charge < -0.3 is 9.64 Å². The van der Waals surface area contributed by atoms with Gasteiger partial charge in [0.25, 0.3) is 5.91 Å².